The minimum absolute atomic E-state index is 0.0405. The van der Waals surface area contributed by atoms with E-state index in [4.69, 9.17) is 4.74 Å². The van der Waals surface area contributed by atoms with Gasteiger partial charge in [-0.1, -0.05) is 30.7 Å². The fraction of sp³-hybridized carbons (Fsp3) is 0.562. The van der Waals surface area contributed by atoms with Gasteiger partial charge in [0.15, 0.2) is 5.67 Å². The zero-order valence-corrected chi connectivity index (χ0v) is 23.5. The maximum Gasteiger partial charge on any atom is 0.263 e. The van der Waals surface area contributed by atoms with Crippen molar-refractivity contribution in [3.8, 4) is 5.75 Å². The van der Waals surface area contributed by atoms with E-state index in [2.05, 4.69) is 0 Å². The first-order valence-corrected chi connectivity index (χ1v) is 14.7. The molecule has 0 bridgehead atoms. The van der Waals surface area contributed by atoms with Crippen LogP contribution in [-0.4, -0.2) is 67.3 Å². The van der Waals surface area contributed by atoms with E-state index in [9.17, 15) is 23.5 Å². The number of benzene rings is 2. The van der Waals surface area contributed by atoms with Gasteiger partial charge in [-0.3, -0.25) is 4.79 Å². The molecule has 2 saturated heterocycles. The number of nitrogens with zero attached hydrogens (tertiary/aromatic N) is 2. The van der Waals surface area contributed by atoms with Crippen molar-refractivity contribution in [2.24, 2.45) is 5.92 Å². The van der Waals surface area contributed by atoms with Gasteiger partial charge in [-0.25, -0.2) is 13.2 Å². The number of alkyl halides is 3. The molecule has 0 spiro atoms. The number of aldehydes is 1. The molecule has 0 radical (unpaired) electrons. The number of hydrogen-bond acceptors (Lipinski definition) is 5. The number of piperidine rings is 1. The molecule has 1 amide bonds. The number of carbonyl (C=O) groups excluding carboxylic acids is 2. The van der Waals surface area contributed by atoms with E-state index >= 15 is 4.39 Å². The molecule has 1 saturated carbocycles. The maximum absolute atomic E-state index is 16.9. The van der Waals surface area contributed by atoms with Crippen molar-refractivity contribution >= 4 is 17.9 Å². The Kier molecular flexibility index (Phi) is 8.92. The number of halogens is 3. The number of anilines is 1. The highest BCUT2D eigenvalue weighted by molar-refractivity contribution is 5.87. The minimum atomic E-state index is -2.63. The van der Waals surface area contributed by atoms with Gasteiger partial charge in [0.2, 0.25) is 0 Å². The predicted octanol–water partition coefficient (Wildman–Crippen LogP) is 5.79. The van der Waals surface area contributed by atoms with E-state index in [1.165, 1.54) is 17.0 Å². The molecule has 1 N–H and O–H groups in total. The number of ether oxygens (including phenoxy) is 1. The first kappa shape index (κ1) is 29.4. The molecule has 2 heterocycles. The summed E-state index contributed by atoms with van der Waals surface area (Å²) in [6, 6.07) is 11.2. The van der Waals surface area contributed by atoms with Gasteiger partial charge in [-0.05, 0) is 67.9 Å². The molecule has 4 atom stereocenters. The summed E-state index contributed by atoms with van der Waals surface area (Å²) in [5.74, 6) is -0.827. The maximum atomic E-state index is 16.9. The Morgan fingerprint density at radius 2 is 1.85 bits per heavy atom. The molecule has 222 valence electrons. The lowest BCUT2D eigenvalue weighted by molar-refractivity contribution is -0.149. The van der Waals surface area contributed by atoms with Crippen LogP contribution in [0.5, 0.6) is 5.75 Å². The Morgan fingerprint density at radius 3 is 2.49 bits per heavy atom. The molecular weight excluding hydrogens is 533 g/mol. The van der Waals surface area contributed by atoms with Crippen LogP contribution in [0.3, 0.4) is 0 Å². The molecule has 9 heteroatoms. The van der Waals surface area contributed by atoms with E-state index in [0.29, 0.717) is 56.6 Å². The zero-order chi connectivity index (χ0) is 29.1. The summed E-state index contributed by atoms with van der Waals surface area (Å²) in [5.41, 5.74) is 0.0519. The van der Waals surface area contributed by atoms with Gasteiger partial charge in [0.05, 0.1) is 19.8 Å². The standard InChI is InChI=1S/C32H39F3N2O4/c1-41-26-8-5-22(6-9-26)28-4-2-3-13-32(28,35)31(40)37-18-24(16-25(37)20-39)27-10-7-23(30(33)34)17-29(27)36-14-11-21(19-38)12-15-36/h5-10,17,19,21,24-25,28,30,39H,2-4,11-16,18,20H2,1H3/t24-,25+,28+,32+/m1/s1. The Morgan fingerprint density at radius 1 is 1.12 bits per heavy atom. The molecule has 5 rings (SSSR count). The average Bonchev–Trinajstić information content (AvgIpc) is 3.45. The van der Waals surface area contributed by atoms with Crippen LogP contribution < -0.4 is 9.64 Å². The Labute approximate surface area is 239 Å². The van der Waals surface area contributed by atoms with Gasteiger partial charge in [-0.2, -0.15) is 0 Å². The molecule has 41 heavy (non-hydrogen) atoms. The van der Waals surface area contributed by atoms with E-state index in [-0.39, 0.29) is 37.0 Å². The van der Waals surface area contributed by atoms with Crippen LogP contribution in [0.25, 0.3) is 0 Å². The molecule has 0 aromatic heterocycles. The fourth-order valence-electron chi connectivity index (χ4n) is 7.05. The highest BCUT2D eigenvalue weighted by atomic mass is 19.3. The van der Waals surface area contributed by atoms with Crippen molar-refractivity contribution in [3.63, 3.8) is 0 Å². The zero-order valence-electron chi connectivity index (χ0n) is 23.5. The smallest absolute Gasteiger partial charge is 0.263 e. The molecule has 2 aliphatic heterocycles. The van der Waals surface area contributed by atoms with E-state index in [1.807, 2.05) is 17.0 Å². The third kappa shape index (κ3) is 5.83. The van der Waals surface area contributed by atoms with Crippen LogP contribution in [0, 0.1) is 5.92 Å². The summed E-state index contributed by atoms with van der Waals surface area (Å²) in [6.45, 7) is 1.04. The molecular formula is C32H39F3N2O4. The number of rotatable bonds is 8. The second kappa shape index (κ2) is 12.4. The number of methoxy groups -OCH3 is 1. The molecule has 1 aliphatic carbocycles. The monoisotopic (exact) mass is 572 g/mol. The van der Waals surface area contributed by atoms with Gasteiger partial charge < -0.3 is 24.4 Å². The molecule has 6 nitrogen and oxygen atoms in total. The molecule has 3 fully saturated rings. The summed E-state index contributed by atoms with van der Waals surface area (Å²) in [7, 11) is 1.57. The number of aliphatic hydroxyl groups excluding tert-OH is 1. The van der Waals surface area contributed by atoms with Gasteiger partial charge in [0.1, 0.15) is 12.0 Å². The number of hydrogen-bond donors (Lipinski definition) is 1. The van der Waals surface area contributed by atoms with Crippen LogP contribution in [0.2, 0.25) is 0 Å². The molecule has 0 unspecified atom stereocenters. The van der Waals surface area contributed by atoms with Crippen molar-refractivity contribution in [3.05, 3.63) is 59.2 Å². The summed E-state index contributed by atoms with van der Waals surface area (Å²) in [4.78, 5) is 28.9. The number of amides is 1. The highest BCUT2D eigenvalue weighted by Crippen LogP contribution is 2.47. The topological polar surface area (TPSA) is 70.1 Å². The molecule has 2 aromatic carbocycles. The summed E-state index contributed by atoms with van der Waals surface area (Å²) in [6.07, 6.45) is 2.12. The van der Waals surface area contributed by atoms with Gasteiger partial charge in [0.25, 0.3) is 12.3 Å². The lowest BCUT2D eigenvalue weighted by Crippen LogP contribution is -2.53. The third-order valence-electron chi connectivity index (χ3n) is 9.41. The van der Waals surface area contributed by atoms with Gasteiger partial charge in [-0.15, -0.1) is 0 Å². The van der Waals surface area contributed by atoms with Crippen molar-refractivity contribution in [2.75, 3.05) is 38.3 Å². The fourth-order valence-corrected chi connectivity index (χ4v) is 7.05. The Bertz CT molecular complexity index is 1220. The third-order valence-corrected chi connectivity index (χ3v) is 9.41. The SMILES string of the molecule is COc1ccc([C@@H]2CCCC[C@@]2(F)C(=O)N2C[C@H](c3ccc(C(F)F)cc3N3CCC(C=O)CC3)C[C@H]2CO)cc1. The van der Waals surface area contributed by atoms with Crippen LogP contribution in [-0.2, 0) is 9.59 Å². The van der Waals surface area contributed by atoms with Crippen LogP contribution in [0.15, 0.2) is 42.5 Å². The van der Waals surface area contributed by atoms with Crippen molar-refractivity contribution in [1.82, 2.24) is 4.90 Å². The lowest BCUT2D eigenvalue weighted by Gasteiger charge is -2.40. The average molecular weight is 573 g/mol. The van der Waals surface area contributed by atoms with Crippen LogP contribution in [0.4, 0.5) is 18.9 Å². The number of carbonyl (C=O) groups is 2. The van der Waals surface area contributed by atoms with Crippen molar-refractivity contribution in [1.29, 1.82) is 0 Å². The van der Waals surface area contributed by atoms with E-state index in [1.54, 1.807) is 25.3 Å². The second-order valence-electron chi connectivity index (χ2n) is 11.7. The number of likely N-dealkylation sites (tertiary alicyclic amines) is 1. The quantitative estimate of drug-likeness (QED) is 0.406. The first-order chi connectivity index (χ1) is 19.8. The van der Waals surface area contributed by atoms with Crippen molar-refractivity contribution < 1.29 is 32.6 Å². The molecule has 2 aromatic rings. The highest BCUT2D eigenvalue weighted by Gasteiger charge is 2.53. The van der Waals surface area contributed by atoms with E-state index in [0.717, 1.165) is 23.8 Å². The summed E-state index contributed by atoms with van der Waals surface area (Å²) in [5, 5.41) is 10.3. The lowest BCUT2D eigenvalue weighted by atomic mass is 9.72. The Hall–Kier alpha value is -3.07. The predicted molar refractivity (Wildman–Crippen MR) is 150 cm³/mol. The normalized spacial score (nSPS) is 27.3. The minimum Gasteiger partial charge on any atom is -0.497 e. The van der Waals surface area contributed by atoms with Crippen molar-refractivity contribution in [2.45, 2.75) is 74.9 Å². The second-order valence-corrected chi connectivity index (χ2v) is 11.7. The van der Waals surface area contributed by atoms with Crippen LogP contribution >= 0.6 is 0 Å². The van der Waals surface area contributed by atoms with Crippen LogP contribution in [0.1, 0.15) is 79.9 Å². The summed E-state index contributed by atoms with van der Waals surface area (Å²) >= 11 is 0. The first-order valence-electron chi connectivity index (χ1n) is 14.7. The van der Waals surface area contributed by atoms with Gasteiger partial charge in [0, 0.05) is 48.6 Å². The van der Waals surface area contributed by atoms with E-state index < -0.39 is 30.0 Å². The van der Waals surface area contributed by atoms with Gasteiger partial charge >= 0.3 is 0 Å². The summed E-state index contributed by atoms with van der Waals surface area (Å²) < 4.78 is 49.6. The Balaban J connectivity index is 1.42. The largest absolute Gasteiger partial charge is 0.497 e. The molecule has 3 aliphatic rings. The number of aliphatic hydroxyl groups is 1.